The lowest BCUT2D eigenvalue weighted by Crippen LogP contribution is -2.23. The van der Waals surface area contributed by atoms with Crippen molar-refractivity contribution < 1.29 is 23.9 Å². The lowest BCUT2D eigenvalue weighted by molar-refractivity contribution is -0.141. The van der Waals surface area contributed by atoms with Crippen LogP contribution in [-0.4, -0.2) is 36.5 Å². The molecule has 0 saturated heterocycles. The molecule has 2 aromatic rings. The SMILES string of the molecule is COC(=O)CCC(=O)Nc1ccc(C(=O)N/N=C2\C(=O)Nc3ccc(I)cc32)cc1. The van der Waals surface area contributed by atoms with Crippen LogP contribution in [0.1, 0.15) is 28.8 Å². The number of nitrogens with zero attached hydrogens (tertiary/aromatic N) is 1. The molecule has 10 heteroatoms. The van der Waals surface area contributed by atoms with Crippen molar-refractivity contribution in [2.45, 2.75) is 12.8 Å². The third kappa shape index (κ3) is 5.20. The summed E-state index contributed by atoms with van der Waals surface area (Å²) < 4.78 is 5.42. The standard InChI is InChI=1S/C20H17IN4O5/c1-30-17(27)9-8-16(26)22-13-5-2-11(3-6-13)19(28)25-24-18-14-10-12(21)4-7-15(14)23-20(18)29/h2-7,10H,8-9H2,1H3,(H,22,26)(H,25,28)(H,23,24,29). The topological polar surface area (TPSA) is 126 Å². The highest BCUT2D eigenvalue weighted by atomic mass is 127. The van der Waals surface area contributed by atoms with E-state index in [0.717, 1.165) is 3.57 Å². The van der Waals surface area contributed by atoms with E-state index in [0.29, 0.717) is 22.5 Å². The minimum Gasteiger partial charge on any atom is -0.469 e. The number of anilines is 2. The molecular formula is C20H17IN4O5. The maximum atomic E-state index is 12.3. The van der Waals surface area contributed by atoms with Crippen LogP contribution in [0.3, 0.4) is 0 Å². The van der Waals surface area contributed by atoms with E-state index in [1.807, 2.05) is 6.07 Å². The Morgan fingerprint density at radius 1 is 1.10 bits per heavy atom. The average molecular weight is 520 g/mol. The molecule has 0 bridgehead atoms. The van der Waals surface area contributed by atoms with E-state index >= 15 is 0 Å². The van der Waals surface area contributed by atoms with Gasteiger partial charge in [-0.05, 0) is 65.1 Å². The maximum absolute atomic E-state index is 12.3. The molecule has 3 amide bonds. The van der Waals surface area contributed by atoms with Crippen molar-refractivity contribution in [2.75, 3.05) is 17.7 Å². The molecule has 2 aromatic carbocycles. The van der Waals surface area contributed by atoms with Gasteiger partial charge in [0.1, 0.15) is 0 Å². The first-order valence-corrected chi connectivity index (χ1v) is 9.91. The minimum absolute atomic E-state index is 0.00508. The molecule has 0 fully saturated rings. The van der Waals surface area contributed by atoms with Crippen LogP contribution >= 0.6 is 22.6 Å². The zero-order valence-electron chi connectivity index (χ0n) is 15.8. The predicted octanol–water partition coefficient (Wildman–Crippen LogP) is 2.27. The third-order valence-corrected chi connectivity index (χ3v) is 4.85. The molecule has 3 rings (SSSR count). The molecule has 1 aliphatic heterocycles. The number of hydrogen-bond donors (Lipinski definition) is 3. The van der Waals surface area contributed by atoms with Crippen molar-refractivity contribution in [2.24, 2.45) is 5.10 Å². The number of ether oxygens (including phenoxy) is 1. The summed E-state index contributed by atoms with van der Waals surface area (Å²) in [7, 11) is 1.26. The second-order valence-electron chi connectivity index (χ2n) is 6.25. The van der Waals surface area contributed by atoms with Crippen LogP contribution < -0.4 is 16.1 Å². The number of methoxy groups -OCH3 is 1. The first-order chi connectivity index (χ1) is 14.4. The number of fused-ring (bicyclic) bond motifs is 1. The number of nitrogens with one attached hydrogen (secondary N) is 3. The highest BCUT2D eigenvalue weighted by Crippen LogP contribution is 2.25. The molecule has 30 heavy (non-hydrogen) atoms. The highest BCUT2D eigenvalue weighted by Gasteiger charge is 2.26. The fourth-order valence-electron chi connectivity index (χ4n) is 2.65. The van der Waals surface area contributed by atoms with Gasteiger partial charge in [0.05, 0.1) is 19.2 Å². The Morgan fingerprint density at radius 3 is 2.53 bits per heavy atom. The quantitative estimate of drug-likeness (QED) is 0.306. The second kappa shape index (κ2) is 9.48. The summed E-state index contributed by atoms with van der Waals surface area (Å²) in [6, 6.07) is 11.6. The molecule has 3 N–H and O–H groups in total. The van der Waals surface area contributed by atoms with Gasteiger partial charge in [0.2, 0.25) is 5.91 Å². The monoisotopic (exact) mass is 520 g/mol. The number of hydrogen-bond acceptors (Lipinski definition) is 6. The number of amides is 3. The summed E-state index contributed by atoms with van der Waals surface area (Å²) in [4.78, 5) is 47.3. The first-order valence-electron chi connectivity index (χ1n) is 8.83. The summed E-state index contributed by atoms with van der Waals surface area (Å²) in [6.45, 7) is 0. The van der Waals surface area contributed by atoms with E-state index in [1.165, 1.54) is 19.2 Å². The number of esters is 1. The van der Waals surface area contributed by atoms with Crippen molar-refractivity contribution in [3.63, 3.8) is 0 Å². The van der Waals surface area contributed by atoms with Crippen LogP contribution in [0.25, 0.3) is 0 Å². The van der Waals surface area contributed by atoms with E-state index in [2.05, 4.69) is 48.5 Å². The lowest BCUT2D eigenvalue weighted by Gasteiger charge is -2.06. The predicted molar refractivity (Wildman–Crippen MR) is 118 cm³/mol. The molecule has 0 unspecified atom stereocenters. The van der Waals surface area contributed by atoms with Crippen LogP contribution in [0.15, 0.2) is 47.6 Å². The van der Waals surface area contributed by atoms with E-state index in [4.69, 9.17) is 0 Å². The Morgan fingerprint density at radius 2 is 1.83 bits per heavy atom. The Hall–Kier alpha value is -3.28. The minimum atomic E-state index is -0.502. The molecular weight excluding hydrogens is 503 g/mol. The number of carbonyl (C=O) groups is 4. The fraction of sp³-hybridized carbons (Fsp3) is 0.150. The third-order valence-electron chi connectivity index (χ3n) is 4.18. The van der Waals surface area contributed by atoms with Gasteiger partial charge in [-0.25, -0.2) is 5.43 Å². The van der Waals surface area contributed by atoms with Gasteiger partial charge in [-0.3, -0.25) is 19.2 Å². The lowest BCUT2D eigenvalue weighted by atomic mass is 10.1. The van der Waals surface area contributed by atoms with Gasteiger partial charge in [-0.1, -0.05) is 0 Å². The smallest absolute Gasteiger partial charge is 0.306 e. The Labute approximate surface area is 185 Å². The van der Waals surface area contributed by atoms with Gasteiger partial charge in [0.25, 0.3) is 11.8 Å². The Kier molecular flexibility index (Phi) is 6.77. The summed E-state index contributed by atoms with van der Waals surface area (Å²) in [5, 5.41) is 9.29. The molecule has 0 atom stereocenters. The summed E-state index contributed by atoms with van der Waals surface area (Å²) in [5.41, 5.74) is 4.55. The molecule has 1 aliphatic rings. The molecule has 0 saturated carbocycles. The highest BCUT2D eigenvalue weighted by molar-refractivity contribution is 14.1. The van der Waals surface area contributed by atoms with Crippen LogP contribution in [0.2, 0.25) is 0 Å². The zero-order chi connectivity index (χ0) is 21.7. The van der Waals surface area contributed by atoms with Gasteiger partial charge in [-0.15, -0.1) is 0 Å². The molecule has 1 heterocycles. The number of carbonyl (C=O) groups excluding carboxylic acids is 4. The van der Waals surface area contributed by atoms with E-state index < -0.39 is 17.8 Å². The van der Waals surface area contributed by atoms with E-state index in [9.17, 15) is 19.2 Å². The molecule has 0 radical (unpaired) electrons. The van der Waals surface area contributed by atoms with Gasteiger partial charge < -0.3 is 15.4 Å². The van der Waals surface area contributed by atoms with Crippen LogP contribution in [0, 0.1) is 3.57 Å². The normalized spacial score (nSPS) is 13.4. The van der Waals surface area contributed by atoms with Crippen LogP contribution in [-0.2, 0) is 19.1 Å². The number of benzene rings is 2. The second-order valence-corrected chi connectivity index (χ2v) is 7.49. The van der Waals surface area contributed by atoms with Gasteiger partial charge in [0.15, 0.2) is 5.71 Å². The average Bonchev–Trinajstić information content (AvgIpc) is 3.05. The Balaban J connectivity index is 1.61. The van der Waals surface area contributed by atoms with Gasteiger partial charge in [-0.2, -0.15) is 5.10 Å². The fourth-order valence-corrected chi connectivity index (χ4v) is 3.14. The van der Waals surface area contributed by atoms with E-state index in [1.54, 1.807) is 24.3 Å². The van der Waals surface area contributed by atoms with Crippen molar-refractivity contribution in [1.29, 1.82) is 0 Å². The van der Waals surface area contributed by atoms with Crippen molar-refractivity contribution in [1.82, 2.24) is 5.43 Å². The summed E-state index contributed by atoms with van der Waals surface area (Å²) in [5.74, 6) is -1.70. The number of hydrazone groups is 1. The number of rotatable bonds is 6. The zero-order valence-corrected chi connectivity index (χ0v) is 18.0. The molecule has 0 aliphatic carbocycles. The maximum Gasteiger partial charge on any atom is 0.306 e. The van der Waals surface area contributed by atoms with Gasteiger partial charge >= 0.3 is 5.97 Å². The molecule has 9 nitrogen and oxygen atoms in total. The molecule has 0 spiro atoms. The number of halogens is 1. The Bertz CT molecular complexity index is 1050. The van der Waals surface area contributed by atoms with Crippen molar-refractivity contribution in [3.8, 4) is 0 Å². The van der Waals surface area contributed by atoms with Crippen LogP contribution in [0.4, 0.5) is 11.4 Å². The van der Waals surface area contributed by atoms with Crippen molar-refractivity contribution >= 4 is 63.4 Å². The first kappa shape index (κ1) is 21.4. The molecule has 0 aromatic heterocycles. The van der Waals surface area contributed by atoms with Crippen LogP contribution in [0.5, 0.6) is 0 Å². The van der Waals surface area contributed by atoms with Crippen molar-refractivity contribution in [3.05, 3.63) is 57.2 Å². The summed E-state index contributed by atoms with van der Waals surface area (Å²) in [6.07, 6.45) is -0.0200. The summed E-state index contributed by atoms with van der Waals surface area (Å²) >= 11 is 2.13. The van der Waals surface area contributed by atoms with E-state index in [-0.39, 0.29) is 24.5 Å². The molecule has 154 valence electrons. The largest absolute Gasteiger partial charge is 0.469 e. The van der Waals surface area contributed by atoms with Gasteiger partial charge in [0, 0.05) is 26.8 Å².